The SMILES string of the molecule is CCNCCOc1ccc(-c2c(C(=O)c3ccc(C(F)(F)F)cc3)sc3cc(O)ccc23)cc1. The minimum atomic E-state index is -4.47. The molecule has 3 aromatic carbocycles. The van der Waals surface area contributed by atoms with Crippen LogP contribution in [0.25, 0.3) is 21.2 Å². The minimum Gasteiger partial charge on any atom is -0.508 e. The van der Waals surface area contributed by atoms with Gasteiger partial charge < -0.3 is 15.2 Å². The highest BCUT2D eigenvalue weighted by Crippen LogP contribution is 2.42. The topological polar surface area (TPSA) is 58.6 Å². The van der Waals surface area contributed by atoms with Gasteiger partial charge in [0.1, 0.15) is 18.1 Å². The summed E-state index contributed by atoms with van der Waals surface area (Å²) in [5.41, 5.74) is 0.791. The smallest absolute Gasteiger partial charge is 0.416 e. The molecule has 0 unspecified atom stereocenters. The fourth-order valence-corrected chi connectivity index (χ4v) is 4.83. The molecule has 0 radical (unpaired) electrons. The lowest BCUT2D eigenvalue weighted by molar-refractivity contribution is -0.137. The van der Waals surface area contributed by atoms with Crippen molar-refractivity contribution in [3.63, 3.8) is 0 Å². The Morgan fingerprint density at radius 1 is 1.03 bits per heavy atom. The van der Waals surface area contributed by atoms with Gasteiger partial charge >= 0.3 is 6.18 Å². The molecule has 0 amide bonds. The number of aromatic hydroxyl groups is 1. The fourth-order valence-electron chi connectivity index (χ4n) is 3.61. The van der Waals surface area contributed by atoms with Crippen molar-refractivity contribution in [3.05, 3.63) is 82.7 Å². The molecule has 0 aliphatic rings. The van der Waals surface area contributed by atoms with Gasteiger partial charge in [0.15, 0.2) is 0 Å². The summed E-state index contributed by atoms with van der Waals surface area (Å²) in [7, 11) is 0. The van der Waals surface area contributed by atoms with Gasteiger partial charge in [-0.2, -0.15) is 13.2 Å². The number of carbonyl (C=O) groups is 1. The van der Waals surface area contributed by atoms with Crippen LogP contribution in [0.5, 0.6) is 11.5 Å². The number of ether oxygens (including phenoxy) is 1. The number of hydrogen-bond acceptors (Lipinski definition) is 5. The molecule has 2 N–H and O–H groups in total. The van der Waals surface area contributed by atoms with Crippen LogP contribution in [-0.4, -0.2) is 30.6 Å². The molecule has 0 fully saturated rings. The highest BCUT2D eigenvalue weighted by molar-refractivity contribution is 7.21. The molecule has 1 aromatic heterocycles. The van der Waals surface area contributed by atoms with E-state index in [0.29, 0.717) is 27.5 Å². The number of rotatable bonds is 8. The number of ketones is 1. The molecule has 4 rings (SSSR count). The van der Waals surface area contributed by atoms with Gasteiger partial charge in [-0.3, -0.25) is 4.79 Å². The minimum absolute atomic E-state index is 0.0678. The van der Waals surface area contributed by atoms with Gasteiger partial charge in [0, 0.05) is 27.8 Å². The number of nitrogens with one attached hydrogen (secondary N) is 1. The van der Waals surface area contributed by atoms with Crippen molar-refractivity contribution in [2.45, 2.75) is 13.1 Å². The Morgan fingerprint density at radius 2 is 1.74 bits per heavy atom. The molecule has 34 heavy (non-hydrogen) atoms. The Kier molecular flexibility index (Phi) is 6.90. The molecule has 4 aromatic rings. The fraction of sp³-hybridized carbons (Fsp3) is 0.192. The van der Waals surface area contributed by atoms with Gasteiger partial charge in [-0.05, 0) is 54.6 Å². The van der Waals surface area contributed by atoms with Crippen LogP contribution >= 0.6 is 11.3 Å². The first kappa shape index (κ1) is 23.8. The van der Waals surface area contributed by atoms with Gasteiger partial charge in [-0.25, -0.2) is 0 Å². The maximum absolute atomic E-state index is 13.4. The summed E-state index contributed by atoms with van der Waals surface area (Å²) >= 11 is 1.20. The number of phenolic OH excluding ortho intramolecular Hbond substituents is 1. The third kappa shape index (κ3) is 5.08. The quantitative estimate of drug-likeness (QED) is 0.221. The van der Waals surface area contributed by atoms with Crippen LogP contribution in [0.4, 0.5) is 13.2 Å². The summed E-state index contributed by atoms with van der Waals surface area (Å²) in [6.07, 6.45) is -4.47. The number of alkyl halides is 3. The maximum Gasteiger partial charge on any atom is 0.416 e. The Morgan fingerprint density at radius 3 is 2.38 bits per heavy atom. The Balaban J connectivity index is 1.71. The van der Waals surface area contributed by atoms with Crippen molar-refractivity contribution in [2.75, 3.05) is 19.7 Å². The lowest BCUT2D eigenvalue weighted by Crippen LogP contribution is -2.20. The summed E-state index contributed by atoms with van der Waals surface area (Å²) in [5.74, 6) is 0.378. The second-order valence-corrected chi connectivity index (χ2v) is 8.67. The number of thiophene rings is 1. The number of likely N-dealkylation sites (N-methyl/N-ethyl adjacent to an activating group) is 1. The molecular weight excluding hydrogens is 463 g/mol. The van der Waals surface area contributed by atoms with E-state index in [-0.39, 0.29) is 17.1 Å². The van der Waals surface area contributed by atoms with Crippen molar-refractivity contribution in [1.82, 2.24) is 5.32 Å². The van der Waals surface area contributed by atoms with Crippen molar-refractivity contribution >= 4 is 27.2 Å². The molecule has 1 heterocycles. The van der Waals surface area contributed by atoms with E-state index in [1.807, 2.05) is 31.2 Å². The van der Waals surface area contributed by atoms with Gasteiger partial charge in [0.05, 0.1) is 10.4 Å². The number of phenols is 1. The van der Waals surface area contributed by atoms with E-state index in [0.717, 1.165) is 36.2 Å². The first-order chi connectivity index (χ1) is 16.3. The molecule has 0 aliphatic carbocycles. The number of fused-ring (bicyclic) bond motifs is 1. The molecular formula is C26H22F3NO3S. The molecule has 4 nitrogen and oxygen atoms in total. The number of halogens is 3. The zero-order chi connectivity index (χ0) is 24.3. The predicted molar refractivity (Wildman–Crippen MR) is 128 cm³/mol. The molecule has 176 valence electrons. The summed E-state index contributed by atoms with van der Waals surface area (Å²) in [6, 6.07) is 16.4. The van der Waals surface area contributed by atoms with Crippen LogP contribution in [0.1, 0.15) is 27.7 Å². The van der Waals surface area contributed by atoms with E-state index in [1.54, 1.807) is 18.2 Å². The van der Waals surface area contributed by atoms with Crippen molar-refractivity contribution in [1.29, 1.82) is 0 Å². The van der Waals surface area contributed by atoms with Crippen LogP contribution < -0.4 is 10.1 Å². The molecule has 0 saturated carbocycles. The molecule has 0 atom stereocenters. The monoisotopic (exact) mass is 485 g/mol. The number of benzene rings is 3. The average molecular weight is 486 g/mol. The molecule has 8 heteroatoms. The third-order valence-corrected chi connectivity index (χ3v) is 6.45. The summed E-state index contributed by atoms with van der Waals surface area (Å²) < 4.78 is 45.2. The maximum atomic E-state index is 13.4. The second-order valence-electron chi connectivity index (χ2n) is 7.62. The van der Waals surface area contributed by atoms with Crippen LogP contribution in [-0.2, 0) is 6.18 Å². The van der Waals surface area contributed by atoms with Crippen molar-refractivity contribution in [2.24, 2.45) is 0 Å². The average Bonchev–Trinajstić information content (AvgIpc) is 3.20. The van der Waals surface area contributed by atoms with E-state index in [2.05, 4.69) is 5.32 Å². The van der Waals surface area contributed by atoms with Crippen LogP contribution in [0.2, 0.25) is 0 Å². The Labute approximate surface area is 198 Å². The largest absolute Gasteiger partial charge is 0.508 e. The summed E-state index contributed by atoms with van der Waals surface area (Å²) in [6.45, 7) is 4.12. The van der Waals surface area contributed by atoms with Crippen LogP contribution in [0.15, 0.2) is 66.7 Å². The zero-order valence-electron chi connectivity index (χ0n) is 18.3. The molecule has 0 saturated heterocycles. The standard InChI is InChI=1S/C26H22F3NO3S/c1-2-30-13-14-33-20-10-5-16(6-11-20)23-21-12-9-19(31)15-22(21)34-25(23)24(32)17-3-7-18(8-4-17)26(27,28)29/h3-12,15,30-31H,2,13-14H2,1H3. The van der Waals surface area contributed by atoms with Gasteiger partial charge in [-0.1, -0.05) is 31.2 Å². The number of hydrogen-bond donors (Lipinski definition) is 2. The van der Waals surface area contributed by atoms with Gasteiger partial charge in [0.25, 0.3) is 0 Å². The first-order valence-corrected chi connectivity index (χ1v) is 11.5. The molecule has 0 bridgehead atoms. The highest BCUT2D eigenvalue weighted by atomic mass is 32.1. The summed E-state index contributed by atoms with van der Waals surface area (Å²) in [4.78, 5) is 13.8. The lowest BCUT2D eigenvalue weighted by atomic mass is 9.97. The summed E-state index contributed by atoms with van der Waals surface area (Å²) in [5, 5.41) is 13.9. The van der Waals surface area contributed by atoms with Crippen LogP contribution in [0.3, 0.4) is 0 Å². The van der Waals surface area contributed by atoms with Gasteiger partial charge in [0.2, 0.25) is 5.78 Å². The number of carbonyl (C=O) groups excluding carboxylic acids is 1. The van der Waals surface area contributed by atoms with Crippen molar-refractivity contribution in [3.8, 4) is 22.6 Å². The Bertz CT molecular complexity index is 1300. The second kappa shape index (κ2) is 9.87. The van der Waals surface area contributed by atoms with E-state index in [4.69, 9.17) is 4.74 Å². The van der Waals surface area contributed by atoms with E-state index in [1.165, 1.54) is 23.5 Å². The Hall–Kier alpha value is -3.36. The lowest BCUT2D eigenvalue weighted by Gasteiger charge is -2.10. The predicted octanol–water partition coefficient (Wildman–Crippen LogP) is 6.51. The van der Waals surface area contributed by atoms with Crippen LogP contribution in [0, 0.1) is 0 Å². The van der Waals surface area contributed by atoms with Crippen molar-refractivity contribution < 1.29 is 27.8 Å². The molecule has 0 aliphatic heterocycles. The van der Waals surface area contributed by atoms with E-state index < -0.39 is 11.7 Å². The van der Waals surface area contributed by atoms with E-state index >= 15 is 0 Å². The highest BCUT2D eigenvalue weighted by Gasteiger charge is 2.30. The molecule has 0 spiro atoms. The zero-order valence-corrected chi connectivity index (χ0v) is 19.1. The first-order valence-electron chi connectivity index (χ1n) is 10.7. The normalized spacial score (nSPS) is 11.6. The van der Waals surface area contributed by atoms with Gasteiger partial charge in [-0.15, -0.1) is 11.3 Å². The third-order valence-electron chi connectivity index (χ3n) is 5.29. The van der Waals surface area contributed by atoms with E-state index in [9.17, 15) is 23.1 Å².